The second kappa shape index (κ2) is 4.39. The Morgan fingerprint density at radius 1 is 0.833 bits per heavy atom. The molecule has 0 aliphatic heterocycles. The van der Waals surface area contributed by atoms with Gasteiger partial charge in [0.2, 0.25) is 0 Å². The van der Waals surface area contributed by atoms with E-state index in [0.29, 0.717) is 0 Å². The van der Waals surface area contributed by atoms with Crippen LogP contribution in [0.2, 0.25) is 29.6 Å². The monoisotopic (exact) mass is 390 g/mol. The van der Waals surface area contributed by atoms with Crippen molar-refractivity contribution in [2.45, 2.75) is 29.6 Å². The number of carbonyl (C=O) groups excluding carboxylic acids is 1. The predicted molar refractivity (Wildman–Crippen MR) is 54.3 cm³/mol. The quantitative estimate of drug-likeness (QED) is 0.684. The van der Waals surface area contributed by atoms with E-state index in [4.69, 9.17) is 6.15 Å². The Kier molecular flexibility index (Phi) is 4.71. The van der Waals surface area contributed by atoms with Gasteiger partial charge in [-0.3, -0.25) is 0 Å². The summed E-state index contributed by atoms with van der Waals surface area (Å²) in [5.74, 6) is 0. The summed E-state index contributed by atoms with van der Waals surface area (Å²) < 4.78 is 10.4. The molecule has 5 heteroatoms. The molecule has 0 aromatic heterocycles. The Labute approximate surface area is 83.7 Å². The van der Waals surface area contributed by atoms with Gasteiger partial charge in [-0.1, -0.05) is 0 Å². The molecular formula is C7H18O3Sn2. The standard InChI is InChI=1S/CH2O3.6CH3.2Sn/c2-1(3)4;;;;;;;;/h(H2,2,3,4);6*1H3;;/q;;;;;;;2*+1/p-2. The van der Waals surface area contributed by atoms with Crippen molar-refractivity contribution in [1.82, 2.24) is 0 Å². The van der Waals surface area contributed by atoms with E-state index in [1.807, 2.05) is 29.6 Å². The van der Waals surface area contributed by atoms with Gasteiger partial charge in [0.1, 0.15) is 0 Å². The molecule has 0 spiro atoms. The Bertz CT molecular complexity index is 148. The Hall–Kier alpha value is 0.867. The predicted octanol–water partition coefficient (Wildman–Crippen LogP) is 2.81. The van der Waals surface area contributed by atoms with E-state index >= 15 is 0 Å². The molecule has 0 aromatic carbocycles. The fourth-order valence-corrected chi connectivity index (χ4v) is 4.29. The van der Waals surface area contributed by atoms with Crippen molar-refractivity contribution in [1.29, 1.82) is 0 Å². The third-order valence-corrected chi connectivity index (χ3v) is 5.23. The fraction of sp³-hybridized carbons (Fsp3) is 0.857. The molecule has 0 heterocycles. The molecular weight excluding hydrogens is 369 g/mol. The molecule has 0 atom stereocenters. The van der Waals surface area contributed by atoms with Gasteiger partial charge in [0.05, 0.1) is 0 Å². The SMILES string of the molecule is [CH3][Sn]([CH3])([CH3])[O]C(=O)[O][Sn]([CH3])([CH3])[CH3]. The van der Waals surface area contributed by atoms with Gasteiger partial charge < -0.3 is 0 Å². The van der Waals surface area contributed by atoms with E-state index in [1.165, 1.54) is 0 Å². The van der Waals surface area contributed by atoms with Crippen LogP contribution >= 0.6 is 0 Å². The molecule has 0 rings (SSSR count). The molecule has 12 heavy (non-hydrogen) atoms. The van der Waals surface area contributed by atoms with Crippen LogP contribution in [0.1, 0.15) is 0 Å². The maximum atomic E-state index is 11.1. The van der Waals surface area contributed by atoms with Crippen LogP contribution in [0.25, 0.3) is 0 Å². The zero-order chi connectivity index (χ0) is 9.99. The van der Waals surface area contributed by atoms with Gasteiger partial charge in [-0.25, -0.2) is 0 Å². The zero-order valence-corrected chi connectivity index (χ0v) is 14.4. The maximum absolute atomic E-state index is 11.1. The molecule has 0 saturated heterocycles. The molecule has 0 bridgehead atoms. The van der Waals surface area contributed by atoms with E-state index in [9.17, 15) is 4.79 Å². The Morgan fingerprint density at radius 2 is 1.08 bits per heavy atom. The van der Waals surface area contributed by atoms with Crippen LogP contribution in [0.4, 0.5) is 4.79 Å². The summed E-state index contributed by atoms with van der Waals surface area (Å²) in [7, 11) is 0. The minimum absolute atomic E-state index is 0.429. The second-order valence-corrected chi connectivity index (χ2v) is 30.0. The molecule has 0 amide bonds. The summed E-state index contributed by atoms with van der Waals surface area (Å²) in [4.78, 5) is 23.3. The zero-order valence-electron chi connectivity index (χ0n) is 8.72. The molecule has 0 fully saturated rings. The summed E-state index contributed by atoms with van der Waals surface area (Å²) in [5, 5.41) is 0. The van der Waals surface area contributed by atoms with Crippen molar-refractivity contribution in [2.75, 3.05) is 0 Å². The third-order valence-electron chi connectivity index (χ3n) is 0.779. The average molecular weight is 388 g/mol. The number of carbonyl (C=O) groups is 1. The minimum atomic E-state index is -2.43. The van der Waals surface area contributed by atoms with Gasteiger partial charge >= 0.3 is 84.3 Å². The van der Waals surface area contributed by atoms with Gasteiger partial charge in [0, 0.05) is 0 Å². The Balaban J connectivity index is 3.92. The van der Waals surface area contributed by atoms with E-state index in [-0.39, 0.29) is 0 Å². The summed E-state index contributed by atoms with van der Waals surface area (Å²) in [5.41, 5.74) is 0. The summed E-state index contributed by atoms with van der Waals surface area (Å²) in [6.07, 6.45) is -0.429. The Morgan fingerprint density at radius 3 is 1.25 bits per heavy atom. The van der Waals surface area contributed by atoms with E-state index < -0.39 is 43.7 Å². The average Bonchev–Trinajstić information content (AvgIpc) is 1.49. The third kappa shape index (κ3) is 8.96. The summed E-state index contributed by atoms with van der Waals surface area (Å²) in [6.45, 7) is 0. The first kappa shape index (κ1) is 12.9. The molecule has 0 aromatic rings. The van der Waals surface area contributed by atoms with Crippen LogP contribution in [0.3, 0.4) is 0 Å². The first-order valence-electron chi connectivity index (χ1n) is 4.02. The number of rotatable bonds is 2. The molecule has 0 unspecified atom stereocenters. The van der Waals surface area contributed by atoms with Crippen LogP contribution in [-0.4, -0.2) is 43.7 Å². The topological polar surface area (TPSA) is 35.5 Å². The fourth-order valence-electron chi connectivity index (χ4n) is 0.521. The van der Waals surface area contributed by atoms with Gasteiger partial charge in [-0.2, -0.15) is 0 Å². The van der Waals surface area contributed by atoms with Crippen molar-refractivity contribution < 1.29 is 10.9 Å². The molecule has 0 saturated carbocycles. The van der Waals surface area contributed by atoms with Crippen molar-refractivity contribution in [2.24, 2.45) is 0 Å². The number of hydrogen-bond donors (Lipinski definition) is 0. The first-order valence-corrected chi connectivity index (χ1v) is 23.5. The normalized spacial score (nSPS) is 12.5. The summed E-state index contributed by atoms with van der Waals surface area (Å²) in [6, 6.07) is 0. The molecule has 0 N–H and O–H groups in total. The first-order chi connectivity index (χ1) is 5.10. The van der Waals surface area contributed by atoms with Gasteiger partial charge in [-0.05, 0) is 0 Å². The van der Waals surface area contributed by atoms with Crippen LogP contribution in [0.5, 0.6) is 0 Å². The van der Waals surface area contributed by atoms with E-state index in [2.05, 4.69) is 0 Å². The molecule has 0 radical (unpaired) electrons. The second-order valence-electron chi connectivity index (χ2n) is 4.68. The van der Waals surface area contributed by atoms with Gasteiger partial charge in [0.25, 0.3) is 0 Å². The van der Waals surface area contributed by atoms with Crippen molar-refractivity contribution in [3.63, 3.8) is 0 Å². The van der Waals surface area contributed by atoms with Crippen LogP contribution in [-0.2, 0) is 6.15 Å². The van der Waals surface area contributed by atoms with Gasteiger partial charge in [0.15, 0.2) is 0 Å². The molecule has 72 valence electrons. The van der Waals surface area contributed by atoms with Crippen molar-refractivity contribution in [3.8, 4) is 0 Å². The number of hydrogen-bond acceptors (Lipinski definition) is 3. The molecule has 0 aliphatic carbocycles. The van der Waals surface area contributed by atoms with Crippen molar-refractivity contribution in [3.05, 3.63) is 0 Å². The molecule has 3 nitrogen and oxygen atoms in total. The van der Waals surface area contributed by atoms with E-state index in [0.717, 1.165) is 0 Å². The van der Waals surface area contributed by atoms with Crippen LogP contribution < -0.4 is 0 Å². The van der Waals surface area contributed by atoms with Gasteiger partial charge in [-0.15, -0.1) is 0 Å². The molecule has 0 aliphatic rings. The van der Waals surface area contributed by atoms with E-state index in [1.54, 1.807) is 0 Å². The van der Waals surface area contributed by atoms with Crippen LogP contribution in [0, 0.1) is 0 Å². The van der Waals surface area contributed by atoms with Crippen LogP contribution in [0.15, 0.2) is 0 Å². The van der Waals surface area contributed by atoms with Crippen molar-refractivity contribution >= 4 is 43.7 Å². The summed E-state index contributed by atoms with van der Waals surface area (Å²) >= 11 is -4.86.